The Balaban J connectivity index is 3.36. The van der Waals surface area contributed by atoms with Crippen molar-refractivity contribution in [3.05, 3.63) is 0 Å². The Morgan fingerprint density at radius 2 is 1.43 bits per heavy atom. The van der Waals surface area contributed by atoms with E-state index in [1.54, 1.807) is 0 Å². The molecule has 0 spiro atoms. The molecule has 0 aliphatic rings. The molecule has 0 aliphatic heterocycles. The van der Waals surface area contributed by atoms with E-state index in [9.17, 15) is 0 Å². The van der Waals surface area contributed by atoms with Crippen molar-refractivity contribution in [2.75, 3.05) is 13.1 Å². The van der Waals surface area contributed by atoms with Crippen LogP contribution in [0, 0.1) is 0 Å². The SMILES string of the molecule is NCC(I)(I)CN. The number of hydrogen-bond donors (Lipinski definition) is 2. The highest BCUT2D eigenvalue weighted by atomic mass is 127. The van der Waals surface area contributed by atoms with E-state index in [-0.39, 0.29) is 1.43 Å². The van der Waals surface area contributed by atoms with E-state index in [1.165, 1.54) is 0 Å². The molecule has 0 saturated heterocycles. The molecule has 4 N–H and O–H groups in total. The van der Waals surface area contributed by atoms with Crippen molar-refractivity contribution in [3.63, 3.8) is 0 Å². The van der Waals surface area contributed by atoms with E-state index < -0.39 is 0 Å². The molecule has 2 nitrogen and oxygen atoms in total. The largest absolute Gasteiger partial charge is 0.328 e. The summed E-state index contributed by atoms with van der Waals surface area (Å²) in [5, 5.41) is 0. The van der Waals surface area contributed by atoms with Gasteiger partial charge in [-0.25, -0.2) is 0 Å². The minimum atomic E-state index is 0.0789. The summed E-state index contributed by atoms with van der Waals surface area (Å²) in [4.78, 5) is 0. The van der Waals surface area contributed by atoms with Crippen LogP contribution in [0.1, 0.15) is 0 Å². The summed E-state index contributed by atoms with van der Waals surface area (Å²) in [7, 11) is 0. The molecule has 0 heterocycles. The molecule has 0 fully saturated rings. The van der Waals surface area contributed by atoms with Gasteiger partial charge in [-0.05, 0) is 0 Å². The monoisotopic (exact) mass is 326 g/mol. The quantitative estimate of drug-likeness (QED) is 0.573. The molecule has 0 amide bonds. The van der Waals surface area contributed by atoms with Gasteiger partial charge in [-0.1, -0.05) is 45.2 Å². The van der Waals surface area contributed by atoms with E-state index in [4.69, 9.17) is 11.5 Å². The third kappa shape index (κ3) is 3.92. The Hall–Kier alpha value is 1.38. The first-order valence-corrected chi connectivity index (χ1v) is 4.06. The predicted octanol–water partition coefficient (Wildman–Crippen LogP) is 0.470. The fraction of sp³-hybridized carbons (Fsp3) is 1.00. The molecule has 0 radical (unpaired) electrons. The Bertz CT molecular complexity index is 48.9. The van der Waals surface area contributed by atoms with Crippen LogP contribution in [0.2, 0.25) is 0 Å². The summed E-state index contributed by atoms with van der Waals surface area (Å²) in [6.45, 7) is 1.29. The average Bonchev–Trinajstić information content (AvgIpc) is 1.68. The van der Waals surface area contributed by atoms with Crippen molar-refractivity contribution >= 4 is 45.2 Å². The Labute approximate surface area is 70.7 Å². The van der Waals surface area contributed by atoms with Gasteiger partial charge in [0.2, 0.25) is 0 Å². The van der Waals surface area contributed by atoms with Gasteiger partial charge in [0, 0.05) is 13.1 Å². The third-order valence-electron chi connectivity index (χ3n) is 0.597. The molecular formula is C3H8I2N2. The second-order valence-electron chi connectivity index (χ2n) is 1.26. The average molecular weight is 326 g/mol. The van der Waals surface area contributed by atoms with Crippen LogP contribution >= 0.6 is 45.2 Å². The molecule has 0 aromatic rings. The zero-order chi connectivity index (χ0) is 5.91. The fourth-order valence-corrected chi connectivity index (χ4v) is 0.0833. The fourth-order valence-electron chi connectivity index (χ4n) is 0.0833. The second kappa shape index (κ2) is 3.41. The lowest BCUT2D eigenvalue weighted by atomic mass is 10.4. The summed E-state index contributed by atoms with van der Waals surface area (Å²) in [6, 6.07) is 0. The summed E-state index contributed by atoms with van der Waals surface area (Å²) in [5.41, 5.74) is 10.6. The summed E-state index contributed by atoms with van der Waals surface area (Å²) in [5.74, 6) is 0. The highest BCUT2D eigenvalue weighted by Gasteiger charge is 2.16. The first kappa shape index (κ1) is 8.38. The van der Waals surface area contributed by atoms with Crippen LogP contribution in [-0.2, 0) is 0 Å². The lowest BCUT2D eigenvalue weighted by Crippen LogP contribution is -2.32. The van der Waals surface area contributed by atoms with Gasteiger partial charge in [0.25, 0.3) is 0 Å². The van der Waals surface area contributed by atoms with Crippen LogP contribution in [0.15, 0.2) is 0 Å². The molecule has 0 saturated carbocycles. The van der Waals surface area contributed by atoms with Gasteiger partial charge < -0.3 is 11.5 Å². The molecular weight excluding hydrogens is 318 g/mol. The maximum absolute atomic E-state index is 5.32. The zero-order valence-electron chi connectivity index (χ0n) is 3.82. The van der Waals surface area contributed by atoms with Crippen LogP contribution in [-0.4, -0.2) is 14.5 Å². The van der Waals surface area contributed by atoms with Crippen LogP contribution in [0.25, 0.3) is 0 Å². The van der Waals surface area contributed by atoms with Crippen molar-refractivity contribution in [2.45, 2.75) is 1.43 Å². The lowest BCUT2D eigenvalue weighted by Gasteiger charge is -2.13. The van der Waals surface area contributed by atoms with Crippen LogP contribution in [0.5, 0.6) is 0 Å². The molecule has 0 aromatic carbocycles. The van der Waals surface area contributed by atoms with Crippen LogP contribution in [0.3, 0.4) is 0 Å². The Morgan fingerprint density at radius 3 is 1.43 bits per heavy atom. The van der Waals surface area contributed by atoms with Crippen molar-refractivity contribution in [3.8, 4) is 0 Å². The van der Waals surface area contributed by atoms with Gasteiger partial charge in [-0.2, -0.15) is 0 Å². The lowest BCUT2D eigenvalue weighted by molar-refractivity contribution is 0.868. The van der Waals surface area contributed by atoms with Crippen molar-refractivity contribution in [2.24, 2.45) is 11.5 Å². The van der Waals surface area contributed by atoms with Gasteiger partial charge in [0.1, 0.15) is 0 Å². The van der Waals surface area contributed by atoms with Crippen LogP contribution in [0.4, 0.5) is 0 Å². The Kier molecular flexibility index (Phi) is 4.09. The van der Waals surface area contributed by atoms with E-state index >= 15 is 0 Å². The van der Waals surface area contributed by atoms with E-state index in [0.717, 1.165) is 0 Å². The molecule has 4 heteroatoms. The number of nitrogens with two attached hydrogens (primary N) is 2. The zero-order valence-corrected chi connectivity index (χ0v) is 8.14. The van der Waals surface area contributed by atoms with Gasteiger partial charge >= 0.3 is 0 Å². The number of alkyl halides is 2. The summed E-state index contributed by atoms with van der Waals surface area (Å²) >= 11 is 4.48. The van der Waals surface area contributed by atoms with Crippen LogP contribution < -0.4 is 11.5 Å². The van der Waals surface area contributed by atoms with Crippen molar-refractivity contribution in [1.29, 1.82) is 0 Å². The van der Waals surface area contributed by atoms with E-state index in [2.05, 4.69) is 45.2 Å². The predicted molar refractivity (Wildman–Crippen MR) is 48.9 cm³/mol. The summed E-state index contributed by atoms with van der Waals surface area (Å²) < 4.78 is 0.0789. The molecule has 7 heavy (non-hydrogen) atoms. The second-order valence-corrected chi connectivity index (χ2v) is 7.46. The maximum atomic E-state index is 5.32. The smallest absolute Gasteiger partial charge is 0.0976 e. The topological polar surface area (TPSA) is 52.0 Å². The standard InChI is InChI=1S/C3H8I2N2/c4-3(5,1-6)2-7/h1-2,6-7H2. The van der Waals surface area contributed by atoms with E-state index in [1.807, 2.05) is 0 Å². The van der Waals surface area contributed by atoms with Gasteiger partial charge in [-0.15, -0.1) is 0 Å². The number of rotatable bonds is 2. The number of halogens is 2. The molecule has 44 valence electrons. The highest BCUT2D eigenvalue weighted by Crippen LogP contribution is 2.23. The normalized spacial score (nSPS) is 12.0. The number of hydrogen-bond acceptors (Lipinski definition) is 2. The van der Waals surface area contributed by atoms with Gasteiger partial charge in [0.15, 0.2) is 0 Å². The maximum Gasteiger partial charge on any atom is 0.0976 e. The minimum absolute atomic E-state index is 0.0789. The third-order valence-corrected chi connectivity index (χ3v) is 2.36. The first-order chi connectivity index (χ1) is 3.12. The van der Waals surface area contributed by atoms with E-state index in [0.29, 0.717) is 13.1 Å². The molecule has 0 aromatic heterocycles. The molecule has 0 unspecified atom stereocenters. The molecule has 0 aliphatic carbocycles. The van der Waals surface area contributed by atoms with Crippen molar-refractivity contribution < 1.29 is 0 Å². The Morgan fingerprint density at radius 1 is 1.14 bits per heavy atom. The first-order valence-electron chi connectivity index (χ1n) is 1.90. The highest BCUT2D eigenvalue weighted by molar-refractivity contribution is 14.2. The van der Waals surface area contributed by atoms with Gasteiger partial charge in [0.05, 0.1) is 1.43 Å². The minimum Gasteiger partial charge on any atom is -0.328 e. The van der Waals surface area contributed by atoms with Gasteiger partial charge in [-0.3, -0.25) is 0 Å². The molecule has 0 rings (SSSR count). The molecule has 0 bridgehead atoms. The summed E-state index contributed by atoms with van der Waals surface area (Å²) in [6.07, 6.45) is 0. The van der Waals surface area contributed by atoms with Crippen molar-refractivity contribution in [1.82, 2.24) is 0 Å². The molecule has 0 atom stereocenters.